The van der Waals surface area contributed by atoms with Crippen LogP contribution in [0.1, 0.15) is 20.8 Å². The molecular formula is C12H28N2O2. The van der Waals surface area contributed by atoms with Crippen molar-refractivity contribution in [2.45, 2.75) is 26.3 Å². The lowest BCUT2D eigenvalue weighted by Gasteiger charge is -2.25. The van der Waals surface area contributed by atoms with Crippen LogP contribution in [0.5, 0.6) is 0 Å². The summed E-state index contributed by atoms with van der Waals surface area (Å²) in [5, 5.41) is 3.48. The summed E-state index contributed by atoms with van der Waals surface area (Å²) in [4.78, 5) is 2.35. The molecule has 0 aliphatic carbocycles. The van der Waals surface area contributed by atoms with Gasteiger partial charge < -0.3 is 14.8 Å². The first-order valence-electron chi connectivity index (χ1n) is 5.95. The van der Waals surface area contributed by atoms with Crippen LogP contribution in [0, 0.1) is 0 Å². The molecule has 0 rings (SSSR count). The van der Waals surface area contributed by atoms with E-state index in [4.69, 9.17) is 9.47 Å². The Morgan fingerprint density at radius 3 is 1.81 bits per heavy atom. The first-order chi connectivity index (χ1) is 7.49. The van der Waals surface area contributed by atoms with Gasteiger partial charge in [0.1, 0.15) is 0 Å². The van der Waals surface area contributed by atoms with E-state index in [1.54, 1.807) is 14.2 Å². The Labute approximate surface area is 100 Å². The van der Waals surface area contributed by atoms with Crippen molar-refractivity contribution in [1.29, 1.82) is 0 Å². The number of hydrogen-bond donors (Lipinski definition) is 1. The van der Waals surface area contributed by atoms with Crippen molar-refractivity contribution in [3.8, 4) is 0 Å². The third kappa shape index (κ3) is 10.4. The van der Waals surface area contributed by atoms with E-state index in [0.717, 1.165) is 39.4 Å². The fraction of sp³-hybridized carbons (Fsp3) is 1.00. The molecule has 0 saturated heterocycles. The SMILES string of the molecule is COCCN(CCNC(C)(C)C)CCOC. The van der Waals surface area contributed by atoms with Crippen molar-refractivity contribution in [3.05, 3.63) is 0 Å². The number of nitrogens with one attached hydrogen (secondary N) is 1. The van der Waals surface area contributed by atoms with E-state index in [2.05, 4.69) is 31.0 Å². The van der Waals surface area contributed by atoms with Crippen LogP contribution in [0.2, 0.25) is 0 Å². The normalized spacial score (nSPS) is 12.4. The van der Waals surface area contributed by atoms with Gasteiger partial charge >= 0.3 is 0 Å². The summed E-state index contributed by atoms with van der Waals surface area (Å²) in [6.45, 7) is 12.1. The van der Waals surface area contributed by atoms with E-state index in [-0.39, 0.29) is 5.54 Å². The number of nitrogens with zero attached hydrogens (tertiary/aromatic N) is 1. The first kappa shape index (κ1) is 15.8. The quantitative estimate of drug-likeness (QED) is 0.642. The zero-order chi connectivity index (χ0) is 12.4. The van der Waals surface area contributed by atoms with Gasteiger partial charge in [0.05, 0.1) is 13.2 Å². The average Bonchev–Trinajstić information content (AvgIpc) is 2.19. The minimum absolute atomic E-state index is 0.189. The van der Waals surface area contributed by atoms with Crippen LogP contribution >= 0.6 is 0 Å². The summed E-state index contributed by atoms with van der Waals surface area (Å²) in [7, 11) is 3.48. The van der Waals surface area contributed by atoms with E-state index in [0.29, 0.717) is 0 Å². The Hall–Kier alpha value is -0.160. The third-order valence-corrected chi connectivity index (χ3v) is 2.31. The molecule has 16 heavy (non-hydrogen) atoms. The maximum atomic E-state index is 5.10. The molecule has 0 aromatic carbocycles. The van der Waals surface area contributed by atoms with E-state index in [1.807, 2.05) is 0 Å². The zero-order valence-corrected chi connectivity index (χ0v) is 11.5. The molecule has 4 nitrogen and oxygen atoms in total. The molecule has 0 saturated carbocycles. The Bertz CT molecular complexity index is 150. The molecule has 0 aromatic rings. The Balaban J connectivity index is 3.72. The van der Waals surface area contributed by atoms with Gasteiger partial charge in [-0.1, -0.05) is 0 Å². The highest BCUT2D eigenvalue weighted by molar-refractivity contribution is 4.71. The second-order valence-electron chi connectivity index (χ2n) is 5.00. The monoisotopic (exact) mass is 232 g/mol. The van der Waals surface area contributed by atoms with Crippen molar-refractivity contribution in [2.75, 3.05) is 53.6 Å². The van der Waals surface area contributed by atoms with E-state index in [1.165, 1.54) is 0 Å². The van der Waals surface area contributed by atoms with Crippen LogP contribution in [-0.2, 0) is 9.47 Å². The van der Waals surface area contributed by atoms with Crippen LogP contribution < -0.4 is 5.32 Å². The molecule has 0 spiro atoms. The second-order valence-corrected chi connectivity index (χ2v) is 5.00. The molecule has 0 unspecified atom stereocenters. The summed E-state index contributed by atoms with van der Waals surface area (Å²) in [5.41, 5.74) is 0.189. The topological polar surface area (TPSA) is 33.7 Å². The molecular weight excluding hydrogens is 204 g/mol. The lowest BCUT2D eigenvalue weighted by molar-refractivity contribution is 0.113. The highest BCUT2D eigenvalue weighted by atomic mass is 16.5. The molecule has 98 valence electrons. The first-order valence-corrected chi connectivity index (χ1v) is 5.95. The van der Waals surface area contributed by atoms with Crippen LogP contribution in [0.4, 0.5) is 0 Å². The van der Waals surface area contributed by atoms with Crippen LogP contribution in [-0.4, -0.2) is 64.1 Å². The van der Waals surface area contributed by atoms with Gasteiger partial charge in [-0.2, -0.15) is 0 Å². The van der Waals surface area contributed by atoms with Gasteiger partial charge in [0, 0.05) is 45.9 Å². The fourth-order valence-electron chi connectivity index (χ4n) is 1.37. The maximum absolute atomic E-state index is 5.10. The molecule has 0 heterocycles. The summed E-state index contributed by atoms with van der Waals surface area (Å²) in [6, 6.07) is 0. The van der Waals surface area contributed by atoms with Gasteiger partial charge in [-0.05, 0) is 20.8 Å². The standard InChI is InChI=1S/C12H28N2O2/c1-12(2,3)13-6-7-14(8-10-15-4)9-11-16-5/h13H,6-11H2,1-5H3. The van der Waals surface area contributed by atoms with E-state index < -0.39 is 0 Å². The number of rotatable bonds is 9. The summed E-state index contributed by atoms with van der Waals surface area (Å²) in [5.74, 6) is 0. The van der Waals surface area contributed by atoms with Crippen molar-refractivity contribution in [2.24, 2.45) is 0 Å². The smallest absolute Gasteiger partial charge is 0.0589 e. The molecule has 0 aromatic heterocycles. The molecule has 0 atom stereocenters. The van der Waals surface area contributed by atoms with Crippen LogP contribution in [0.15, 0.2) is 0 Å². The molecule has 1 N–H and O–H groups in total. The summed E-state index contributed by atoms with van der Waals surface area (Å²) in [6.07, 6.45) is 0. The molecule has 0 aliphatic heterocycles. The van der Waals surface area contributed by atoms with E-state index >= 15 is 0 Å². The van der Waals surface area contributed by atoms with E-state index in [9.17, 15) is 0 Å². The zero-order valence-electron chi connectivity index (χ0n) is 11.5. The summed E-state index contributed by atoms with van der Waals surface area (Å²) >= 11 is 0. The predicted molar refractivity (Wildman–Crippen MR) is 67.9 cm³/mol. The van der Waals surface area contributed by atoms with Crippen molar-refractivity contribution >= 4 is 0 Å². The highest BCUT2D eigenvalue weighted by Crippen LogP contribution is 1.97. The van der Waals surface area contributed by atoms with Gasteiger partial charge in [0.15, 0.2) is 0 Å². The second kappa shape index (κ2) is 8.93. The molecule has 0 aliphatic rings. The number of methoxy groups -OCH3 is 2. The van der Waals surface area contributed by atoms with Crippen LogP contribution in [0.3, 0.4) is 0 Å². The van der Waals surface area contributed by atoms with Crippen LogP contribution in [0.25, 0.3) is 0 Å². The maximum Gasteiger partial charge on any atom is 0.0589 e. The predicted octanol–water partition coefficient (Wildman–Crippen LogP) is 0.969. The minimum atomic E-state index is 0.189. The van der Waals surface area contributed by atoms with Gasteiger partial charge in [0.2, 0.25) is 0 Å². The van der Waals surface area contributed by atoms with Gasteiger partial charge in [-0.25, -0.2) is 0 Å². The third-order valence-electron chi connectivity index (χ3n) is 2.31. The molecule has 4 heteroatoms. The molecule has 0 fully saturated rings. The van der Waals surface area contributed by atoms with Gasteiger partial charge in [0.25, 0.3) is 0 Å². The summed E-state index contributed by atoms with van der Waals surface area (Å²) < 4.78 is 10.2. The van der Waals surface area contributed by atoms with Crippen molar-refractivity contribution < 1.29 is 9.47 Å². The fourth-order valence-corrected chi connectivity index (χ4v) is 1.37. The lowest BCUT2D eigenvalue weighted by atomic mass is 10.1. The average molecular weight is 232 g/mol. The van der Waals surface area contributed by atoms with Gasteiger partial charge in [-0.3, -0.25) is 4.90 Å². The Morgan fingerprint density at radius 2 is 1.44 bits per heavy atom. The van der Waals surface area contributed by atoms with Crippen molar-refractivity contribution in [1.82, 2.24) is 10.2 Å². The lowest BCUT2D eigenvalue weighted by Crippen LogP contribution is -2.42. The van der Waals surface area contributed by atoms with Gasteiger partial charge in [-0.15, -0.1) is 0 Å². The number of ether oxygens (including phenoxy) is 2. The highest BCUT2D eigenvalue weighted by Gasteiger charge is 2.09. The van der Waals surface area contributed by atoms with Crippen molar-refractivity contribution in [3.63, 3.8) is 0 Å². The minimum Gasteiger partial charge on any atom is -0.383 e. The molecule has 0 bridgehead atoms. The molecule has 0 radical (unpaired) electrons. The molecule has 0 amide bonds. The largest absolute Gasteiger partial charge is 0.383 e. The Morgan fingerprint density at radius 1 is 0.938 bits per heavy atom. The number of hydrogen-bond acceptors (Lipinski definition) is 4. The Kier molecular flexibility index (Phi) is 8.84.